The maximum absolute atomic E-state index is 13.1. The number of hydrogen-bond donors (Lipinski definition) is 1. The Morgan fingerprint density at radius 2 is 1.70 bits per heavy atom. The Labute approximate surface area is 174 Å². The second-order valence-electron chi connectivity index (χ2n) is 6.10. The van der Waals surface area contributed by atoms with Crippen molar-refractivity contribution < 1.29 is 9.59 Å². The van der Waals surface area contributed by atoms with Crippen LogP contribution in [0.15, 0.2) is 42.5 Å². The van der Waals surface area contributed by atoms with Gasteiger partial charge in [0.05, 0.1) is 6.42 Å². The number of hydrogen-bond acceptors (Lipinski definition) is 2. The molecule has 0 spiro atoms. The number of nitrogens with one attached hydrogen (secondary N) is 1. The Hall–Kier alpha value is -1.75. The molecule has 0 saturated heterocycles. The first kappa shape index (κ1) is 21.5. The SMILES string of the molecule is CCNC(=O)C(C)N(Cc1cccc(Cl)c1)C(=O)Cc1c(Cl)cccc1Cl. The molecule has 0 aliphatic carbocycles. The van der Waals surface area contributed by atoms with Crippen molar-refractivity contribution >= 4 is 46.6 Å². The Bertz CT molecular complexity index is 806. The van der Waals surface area contributed by atoms with Crippen LogP contribution in [0.4, 0.5) is 0 Å². The van der Waals surface area contributed by atoms with Crippen LogP contribution in [0.25, 0.3) is 0 Å². The average Bonchev–Trinajstić information content (AvgIpc) is 2.62. The van der Waals surface area contributed by atoms with Crippen LogP contribution in [0.2, 0.25) is 15.1 Å². The Morgan fingerprint density at radius 3 is 2.30 bits per heavy atom. The summed E-state index contributed by atoms with van der Waals surface area (Å²) >= 11 is 18.5. The van der Waals surface area contributed by atoms with Gasteiger partial charge in [0.1, 0.15) is 6.04 Å². The molecule has 2 aromatic carbocycles. The minimum absolute atomic E-state index is 0.00280. The van der Waals surface area contributed by atoms with Gasteiger partial charge in [-0.25, -0.2) is 0 Å². The van der Waals surface area contributed by atoms with E-state index in [0.717, 1.165) is 5.56 Å². The molecule has 2 aromatic rings. The summed E-state index contributed by atoms with van der Waals surface area (Å²) < 4.78 is 0. The largest absolute Gasteiger partial charge is 0.355 e. The third-order valence-corrected chi connectivity index (χ3v) is 5.09. The van der Waals surface area contributed by atoms with E-state index in [-0.39, 0.29) is 24.8 Å². The van der Waals surface area contributed by atoms with Crippen LogP contribution in [-0.4, -0.2) is 29.3 Å². The van der Waals surface area contributed by atoms with Crippen LogP contribution in [0.5, 0.6) is 0 Å². The van der Waals surface area contributed by atoms with Gasteiger partial charge in [-0.3, -0.25) is 9.59 Å². The number of halogens is 3. The molecular weight excluding hydrogens is 407 g/mol. The second-order valence-corrected chi connectivity index (χ2v) is 7.35. The fraction of sp³-hybridized carbons (Fsp3) is 0.300. The zero-order valence-electron chi connectivity index (χ0n) is 15.1. The van der Waals surface area contributed by atoms with Crippen molar-refractivity contribution in [3.8, 4) is 0 Å². The molecule has 7 heteroatoms. The second kappa shape index (κ2) is 9.98. The van der Waals surface area contributed by atoms with Crippen molar-refractivity contribution in [3.05, 3.63) is 68.7 Å². The van der Waals surface area contributed by atoms with Gasteiger partial charge in [-0.15, -0.1) is 0 Å². The third kappa shape index (κ3) is 5.86. The summed E-state index contributed by atoms with van der Waals surface area (Å²) in [5.41, 5.74) is 1.38. The van der Waals surface area contributed by atoms with E-state index in [1.165, 1.54) is 4.90 Å². The highest BCUT2D eigenvalue weighted by Crippen LogP contribution is 2.26. The average molecular weight is 428 g/mol. The van der Waals surface area contributed by atoms with E-state index in [1.807, 2.05) is 19.1 Å². The van der Waals surface area contributed by atoms with Crippen molar-refractivity contribution in [3.63, 3.8) is 0 Å². The molecule has 0 aliphatic rings. The molecule has 27 heavy (non-hydrogen) atoms. The standard InChI is InChI=1S/C20H21Cl3N2O2/c1-3-24-20(27)13(2)25(12-14-6-4-7-15(21)10-14)19(26)11-16-17(22)8-5-9-18(16)23/h4-10,13H,3,11-12H2,1-2H3,(H,24,27). The normalized spacial score (nSPS) is 11.7. The number of carbonyl (C=O) groups excluding carboxylic acids is 2. The first-order valence-electron chi connectivity index (χ1n) is 8.58. The first-order chi connectivity index (χ1) is 12.8. The van der Waals surface area contributed by atoms with Crippen molar-refractivity contribution in [1.82, 2.24) is 10.2 Å². The number of amides is 2. The topological polar surface area (TPSA) is 49.4 Å². The summed E-state index contributed by atoms with van der Waals surface area (Å²) in [4.78, 5) is 26.9. The molecule has 4 nitrogen and oxygen atoms in total. The van der Waals surface area contributed by atoms with Crippen LogP contribution in [-0.2, 0) is 22.6 Å². The lowest BCUT2D eigenvalue weighted by Gasteiger charge is -2.29. The maximum Gasteiger partial charge on any atom is 0.242 e. The molecule has 1 unspecified atom stereocenters. The highest BCUT2D eigenvalue weighted by molar-refractivity contribution is 6.36. The molecule has 1 N–H and O–H groups in total. The number of benzene rings is 2. The van der Waals surface area contributed by atoms with Gasteiger partial charge in [0.2, 0.25) is 11.8 Å². The van der Waals surface area contributed by atoms with Crippen LogP contribution in [0, 0.1) is 0 Å². The van der Waals surface area contributed by atoms with Crippen LogP contribution < -0.4 is 5.32 Å². The Balaban J connectivity index is 2.30. The van der Waals surface area contributed by atoms with Crippen molar-refractivity contribution in [2.24, 2.45) is 0 Å². The molecule has 0 fully saturated rings. The quantitative estimate of drug-likeness (QED) is 0.693. The molecular formula is C20H21Cl3N2O2. The van der Waals surface area contributed by atoms with Gasteiger partial charge in [0.15, 0.2) is 0 Å². The van der Waals surface area contributed by atoms with E-state index < -0.39 is 6.04 Å². The van der Waals surface area contributed by atoms with E-state index >= 15 is 0 Å². The highest BCUT2D eigenvalue weighted by Gasteiger charge is 2.27. The zero-order chi connectivity index (χ0) is 20.0. The van der Waals surface area contributed by atoms with Crippen LogP contribution in [0.3, 0.4) is 0 Å². The van der Waals surface area contributed by atoms with Gasteiger partial charge >= 0.3 is 0 Å². The zero-order valence-corrected chi connectivity index (χ0v) is 17.4. The van der Waals surface area contributed by atoms with Gasteiger partial charge in [-0.2, -0.15) is 0 Å². The molecule has 0 aromatic heterocycles. The van der Waals surface area contributed by atoms with Crippen LogP contribution in [0.1, 0.15) is 25.0 Å². The lowest BCUT2D eigenvalue weighted by Crippen LogP contribution is -2.48. The summed E-state index contributed by atoms with van der Waals surface area (Å²) in [6.07, 6.45) is 0.00280. The van der Waals surface area contributed by atoms with Gasteiger partial charge in [-0.05, 0) is 49.2 Å². The van der Waals surface area contributed by atoms with Gasteiger partial charge in [0, 0.05) is 28.2 Å². The van der Waals surface area contributed by atoms with E-state index in [1.54, 1.807) is 37.3 Å². The predicted octanol–water partition coefficient (Wildman–Crippen LogP) is 4.74. The smallest absolute Gasteiger partial charge is 0.242 e. The lowest BCUT2D eigenvalue weighted by atomic mass is 10.1. The first-order valence-corrected chi connectivity index (χ1v) is 9.71. The molecule has 0 bridgehead atoms. The van der Waals surface area contributed by atoms with Crippen LogP contribution >= 0.6 is 34.8 Å². The highest BCUT2D eigenvalue weighted by atomic mass is 35.5. The third-order valence-electron chi connectivity index (χ3n) is 4.15. The van der Waals surface area contributed by atoms with E-state index in [0.29, 0.717) is 27.2 Å². The lowest BCUT2D eigenvalue weighted by molar-refractivity contribution is -0.140. The van der Waals surface area contributed by atoms with E-state index in [2.05, 4.69) is 5.32 Å². The van der Waals surface area contributed by atoms with Crippen molar-refractivity contribution in [1.29, 1.82) is 0 Å². The minimum Gasteiger partial charge on any atom is -0.355 e. The fourth-order valence-corrected chi connectivity index (χ4v) is 3.43. The number of carbonyl (C=O) groups is 2. The Morgan fingerprint density at radius 1 is 1.07 bits per heavy atom. The molecule has 2 amide bonds. The Kier molecular flexibility index (Phi) is 7.96. The number of nitrogens with zero attached hydrogens (tertiary/aromatic N) is 1. The summed E-state index contributed by atoms with van der Waals surface area (Å²) in [7, 11) is 0. The van der Waals surface area contributed by atoms with Crippen molar-refractivity contribution in [2.45, 2.75) is 32.9 Å². The molecule has 1 atom stereocenters. The molecule has 144 valence electrons. The minimum atomic E-state index is -0.655. The van der Waals surface area contributed by atoms with E-state index in [9.17, 15) is 9.59 Å². The number of likely N-dealkylation sites (N-methyl/N-ethyl adjacent to an activating group) is 1. The molecule has 0 heterocycles. The maximum atomic E-state index is 13.1. The fourth-order valence-electron chi connectivity index (χ4n) is 2.69. The molecule has 0 aliphatic heterocycles. The predicted molar refractivity (Wildman–Crippen MR) is 110 cm³/mol. The van der Waals surface area contributed by atoms with Gasteiger partial charge < -0.3 is 10.2 Å². The summed E-state index contributed by atoms with van der Waals surface area (Å²) in [5, 5.41) is 4.16. The molecule has 2 rings (SSSR count). The monoisotopic (exact) mass is 426 g/mol. The summed E-state index contributed by atoms with van der Waals surface area (Å²) in [6, 6.07) is 11.6. The van der Waals surface area contributed by atoms with Gasteiger partial charge in [0.25, 0.3) is 0 Å². The molecule has 0 radical (unpaired) electrons. The summed E-state index contributed by atoms with van der Waals surface area (Å²) in [5.74, 6) is -0.470. The summed E-state index contributed by atoms with van der Waals surface area (Å²) in [6.45, 7) is 4.26. The van der Waals surface area contributed by atoms with E-state index in [4.69, 9.17) is 34.8 Å². The van der Waals surface area contributed by atoms with Crippen molar-refractivity contribution in [2.75, 3.05) is 6.54 Å². The van der Waals surface area contributed by atoms with Gasteiger partial charge in [-0.1, -0.05) is 53.0 Å². The number of rotatable bonds is 7. The molecule has 0 saturated carbocycles.